The molecule has 3 atom stereocenters. The van der Waals surface area contributed by atoms with Gasteiger partial charge >= 0.3 is 6.09 Å². The molecular weight excluding hydrogens is 250 g/mol. The molecule has 1 saturated heterocycles. The van der Waals surface area contributed by atoms with Gasteiger partial charge in [-0.2, -0.15) is 0 Å². The van der Waals surface area contributed by atoms with Gasteiger partial charge in [0.1, 0.15) is 6.61 Å². The highest BCUT2D eigenvalue weighted by atomic mass is 16.6. The van der Waals surface area contributed by atoms with Crippen molar-refractivity contribution in [2.24, 2.45) is 5.92 Å². The second-order valence-corrected chi connectivity index (χ2v) is 5.97. The van der Waals surface area contributed by atoms with E-state index in [0.717, 1.165) is 6.42 Å². The lowest BCUT2D eigenvalue weighted by Gasteiger charge is -2.22. The first-order valence-electron chi connectivity index (χ1n) is 7.81. The second-order valence-electron chi connectivity index (χ2n) is 5.97. The summed E-state index contributed by atoms with van der Waals surface area (Å²) in [6.07, 6.45) is 6.13. The lowest BCUT2D eigenvalue weighted by molar-refractivity contribution is 0.154. The normalized spacial score (nSPS) is 28.6. The predicted molar refractivity (Wildman–Crippen MR) is 78.4 cm³/mol. The second kappa shape index (κ2) is 5.86. The molecule has 3 nitrogen and oxygen atoms in total. The van der Waals surface area contributed by atoms with Crippen molar-refractivity contribution in [2.75, 3.05) is 6.61 Å². The van der Waals surface area contributed by atoms with Gasteiger partial charge in [-0.25, -0.2) is 4.79 Å². The number of cyclic esters (lactones) is 1. The fourth-order valence-electron chi connectivity index (χ4n) is 3.27. The molecule has 0 bridgehead atoms. The van der Waals surface area contributed by atoms with E-state index >= 15 is 0 Å². The van der Waals surface area contributed by atoms with Crippen LogP contribution in [-0.2, 0) is 4.74 Å². The third kappa shape index (κ3) is 2.67. The van der Waals surface area contributed by atoms with Crippen LogP contribution in [0.2, 0.25) is 0 Å². The Morgan fingerprint density at radius 1 is 1.25 bits per heavy atom. The van der Waals surface area contributed by atoms with Crippen molar-refractivity contribution < 1.29 is 9.53 Å². The summed E-state index contributed by atoms with van der Waals surface area (Å²) in [6, 6.07) is 10.8. The lowest BCUT2D eigenvalue weighted by Crippen LogP contribution is -2.31. The highest BCUT2D eigenvalue weighted by molar-refractivity contribution is 5.71. The number of hydrogen-bond acceptors (Lipinski definition) is 2. The molecule has 1 saturated carbocycles. The number of carbonyl (C=O) groups excluding carboxylic acids is 1. The Morgan fingerprint density at radius 3 is 2.80 bits per heavy atom. The van der Waals surface area contributed by atoms with E-state index < -0.39 is 0 Å². The zero-order valence-electron chi connectivity index (χ0n) is 12.1. The minimum absolute atomic E-state index is 0.116. The van der Waals surface area contributed by atoms with Crippen molar-refractivity contribution in [1.82, 2.24) is 4.90 Å². The van der Waals surface area contributed by atoms with Gasteiger partial charge in [0.05, 0.1) is 6.04 Å². The van der Waals surface area contributed by atoms with Crippen LogP contribution in [0.5, 0.6) is 0 Å². The Morgan fingerprint density at radius 2 is 2.05 bits per heavy atom. The van der Waals surface area contributed by atoms with E-state index in [0.29, 0.717) is 18.6 Å². The van der Waals surface area contributed by atoms with Gasteiger partial charge in [0.2, 0.25) is 0 Å². The maximum atomic E-state index is 12.0. The molecule has 1 unspecified atom stereocenters. The number of rotatable bonds is 6. The maximum Gasteiger partial charge on any atom is 0.410 e. The van der Waals surface area contributed by atoms with Crippen LogP contribution >= 0.6 is 0 Å². The molecular formula is C17H23NO2. The SMILES string of the molecule is CCCCCC1C[C@@H]1N1C(=O)OC[C@H]1c1ccccc1. The topological polar surface area (TPSA) is 29.5 Å². The van der Waals surface area contributed by atoms with Gasteiger partial charge in [0.15, 0.2) is 0 Å². The molecule has 1 aromatic carbocycles. The monoisotopic (exact) mass is 273 g/mol. The molecule has 3 heteroatoms. The van der Waals surface area contributed by atoms with E-state index in [4.69, 9.17) is 4.74 Å². The minimum atomic E-state index is -0.123. The summed E-state index contributed by atoms with van der Waals surface area (Å²) in [7, 11) is 0. The molecule has 1 aliphatic carbocycles. The lowest BCUT2D eigenvalue weighted by atomic mass is 10.1. The smallest absolute Gasteiger partial charge is 0.410 e. The fourth-order valence-corrected chi connectivity index (χ4v) is 3.27. The average Bonchev–Trinajstić information content (AvgIpc) is 3.13. The highest BCUT2D eigenvalue weighted by Crippen LogP contribution is 2.45. The molecule has 0 radical (unpaired) electrons. The Hall–Kier alpha value is -1.51. The van der Waals surface area contributed by atoms with Crippen molar-refractivity contribution in [2.45, 2.75) is 51.1 Å². The van der Waals surface area contributed by atoms with Crippen molar-refractivity contribution in [3.8, 4) is 0 Å². The van der Waals surface area contributed by atoms with E-state index in [1.807, 2.05) is 23.1 Å². The minimum Gasteiger partial charge on any atom is -0.447 e. The van der Waals surface area contributed by atoms with E-state index in [1.54, 1.807) is 0 Å². The summed E-state index contributed by atoms with van der Waals surface area (Å²) in [4.78, 5) is 14.0. The largest absolute Gasteiger partial charge is 0.447 e. The zero-order valence-corrected chi connectivity index (χ0v) is 12.1. The zero-order chi connectivity index (χ0) is 13.9. The number of ether oxygens (including phenoxy) is 1. The molecule has 1 aliphatic heterocycles. The molecule has 1 amide bonds. The third-order valence-electron chi connectivity index (χ3n) is 4.52. The summed E-state index contributed by atoms with van der Waals surface area (Å²) in [5.41, 5.74) is 1.19. The highest BCUT2D eigenvalue weighted by Gasteiger charge is 2.49. The maximum absolute atomic E-state index is 12.0. The third-order valence-corrected chi connectivity index (χ3v) is 4.52. The Kier molecular flexibility index (Phi) is 3.95. The molecule has 0 N–H and O–H groups in total. The summed E-state index contributed by atoms with van der Waals surface area (Å²) in [6.45, 7) is 2.73. The Bertz CT molecular complexity index is 459. The van der Waals surface area contributed by atoms with E-state index in [-0.39, 0.29) is 12.1 Å². The van der Waals surface area contributed by atoms with Crippen LogP contribution in [0.15, 0.2) is 30.3 Å². The van der Waals surface area contributed by atoms with Gasteiger partial charge in [-0.15, -0.1) is 0 Å². The summed E-state index contributed by atoms with van der Waals surface area (Å²) >= 11 is 0. The molecule has 1 heterocycles. The van der Waals surface area contributed by atoms with Crippen LogP contribution in [0, 0.1) is 5.92 Å². The summed E-state index contributed by atoms with van der Waals surface area (Å²) < 4.78 is 5.29. The van der Waals surface area contributed by atoms with Gasteiger partial charge in [-0.05, 0) is 24.3 Å². The van der Waals surface area contributed by atoms with Crippen molar-refractivity contribution in [3.05, 3.63) is 35.9 Å². The Balaban J connectivity index is 1.64. The summed E-state index contributed by atoms with van der Waals surface area (Å²) in [5.74, 6) is 0.693. The van der Waals surface area contributed by atoms with Gasteiger partial charge in [0, 0.05) is 6.04 Å². The number of benzene rings is 1. The van der Waals surface area contributed by atoms with E-state index in [2.05, 4.69) is 19.1 Å². The number of hydrogen-bond donors (Lipinski definition) is 0. The van der Waals surface area contributed by atoms with Crippen molar-refractivity contribution >= 4 is 6.09 Å². The molecule has 2 fully saturated rings. The van der Waals surface area contributed by atoms with Crippen LogP contribution in [0.1, 0.15) is 50.6 Å². The van der Waals surface area contributed by atoms with Crippen LogP contribution in [0.25, 0.3) is 0 Å². The molecule has 1 aromatic rings. The van der Waals surface area contributed by atoms with Crippen molar-refractivity contribution in [1.29, 1.82) is 0 Å². The van der Waals surface area contributed by atoms with Crippen LogP contribution in [0.3, 0.4) is 0 Å². The first kappa shape index (κ1) is 13.5. The molecule has 0 spiro atoms. The molecule has 0 aromatic heterocycles. The summed E-state index contributed by atoms with van der Waals surface area (Å²) in [5, 5.41) is 0. The van der Waals surface area contributed by atoms with Gasteiger partial charge in [-0.1, -0.05) is 56.5 Å². The van der Waals surface area contributed by atoms with Crippen LogP contribution in [0.4, 0.5) is 4.79 Å². The quantitative estimate of drug-likeness (QED) is 0.729. The predicted octanol–water partition coefficient (Wildman–Crippen LogP) is 4.15. The molecule has 108 valence electrons. The molecule has 20 heavy (non-hydrogen) atoms. The van der Waals surface area contributed by atoms with Crippen LogP contribution < -0.4 is 0 Å². The first-order chi connectivity index (χ1) is 9.81. The van der Waals surface area contributed by atoms with Gasteiger partial charge < -0.3 is 4.74 Å². The fraction of sp³-hybridized carbons (Fsp3) is 0.588. The standard InChI is InChI=1S/C17H23NO2/c1-2-3-5-10-14-11-15(14)18-16(12-20-17(18)19)13-8-6-4-7-9-13/h4,6-9,14-16H,2-3,5,10-12H2,1H3/t14?,15-,16-/m0/s1. The van der Waals surface area contributed by atoms with Crippen molar-refractivity contribution in [3.63, 3.8) is 0 Å². The molecule has 3 rings (SSSR count). The van der Waals surface area contributed by atoms with E-state index in [1.165, 1.54) is 31.2 Å². The van der Waals surface area contributed by atoms with Gasteiger partial charge in [0.25, 0.3) is 0 Å². The number of unbranched alkanes of at least 4 members (excludes halogenated alkanes) is 2. The van der Waals surface area contributed by atoms with E-state index in [9.17, 15) is 4.79 Å². The number of amides is 1. The number of nitrogens with zero attached hydrogens (tertiary/aromatic N) is 1. The van der Waals surface area contributed by atoms with Gasteiger partial charge in [-0.3, -0.25) is 4.90 Å². The Labute approximate surface area is 120 Å². The first-order valence-corrected chi connectivity index (χ1v) is 7.81. The average molecular weight is 273 g/mol. The molecule has 2 aliphatic rings. The van der Waals surface area contributed by atoms with Crippen LogP contribution in [-0.4, -0.2) is 23.6 Å². The number of carbonyl (C=O) groups is 1.